The van der Waals surface area contributed by atoms with E-state index >= 15 is 0 Å². The lowest BCUT2D eigenvalue weighted by Crippen LogP contribution is -2.18. The topological polar surface area (TPSA) is 133 Å². The quantitative estimate of drug-likeness (QED) is 0.212. The fourth-order valence-electron chi connectivity index (χ4n) is 3.33. The second kappa shape index (κ2) is 10.4. The maximum absolute atomic E-state index is 13.4. The minimum absolute atomic E-state index is 0.0690. The third-order valence-electron chi connectivity index (χ3n) is 5.03. The summed E-state index contributed by atoms with van der Waals surface area (Å²) in [5, 5.41) is 0.425. The van der Waals surface area contributed by atoms with E-state index in [1.54, 1.807) is 30.3 Å². The summed E-state index contributed by atoms with van der Waals surface area (Å²) < 4.78 is 68.2. The summed E-state index contributed by atoms with van der Waals surface area (Å²) in [6.45, 7) is -0.164. The molecule has 4 aromatic rings. The van der Waals surface area contributed by atoms with E-state index in [4.69, 9.17) is 25.6 Å². The van der Waals surface area contributed by atoms with Gasteiger partial charge in [-0.15, -0.1) is 0 Å². The van der Waals surface area contributed by atoms with Gasteiger partial charge >= 0.3 is 0 Å². The van der Waals surface area contributed by atoms with Gasteiger partial charge in [-0.25, -0.2) is 18.2 Å². The smallest absolute Gasteiger partial charge is 0.295 e. The molecule has 36 heavy (non-hydrogen) atoms. The molecule has 4 rings (SSSR count). The lowest BCUT2D eigenvalue weighted by molar-refractivity contribution is -0.282. The number of furan rings is 1. The number of fused-ring (bicyclic) bond motifs is 1. The van der Waals surface area contributed by atoms with Gasteiger partial charge in [0.25, 0.3) is 20.0 Å². The molecule has 0 aliphatic carbocycles. The molecule has 0 unspecified atom stereocenters. The standard InChI is InChI=1S/C23H21ClN2O8S2/c1-31-18-9-7-16(14-33-32-2)22(13-18)35(27,28)25-19-10-8-17(24)12-20(19)26-36(29,30)23-11-15-5-3-4-6-21(15)34-23/h3-13,25-26H,14H2,1-2H3. The molecule has 3 aromatic carbocycles. The second-order valence-electron chi connectivity index (χ2n) is 7.41. The van der Waals surface area contributed by atoms with E-state index in [0.717, 1.165) is 0 Å². The molecule has 0 saturated carbocycles. The first-order chi connectivity index (χ1) is 17.1. The third-order valence-corrected chi connectivity index (χ3v) is 7.94. The highest BCUT2D eigenvalue weighted by molar-refractivity contribution is 7.93. The number of methoxy groups -OCH3 is 1. The number of anilines is 2. The average molecular weight is 553 g/mol. The number of rotatable bonds is 10. The fourth-order valence-corrected chi connectivity index (χ4v) is 5.86. The van der Waals surface area contributed by atoms with Gasteiger partial charge < -0.3 is 9.15 Å². The summed E-state index contributed by atoms with van der Waals surface area (Å²) in [7, 11) is -5.79. The van der Waals surface area contributed by atoms with E-state index in [0.29, 0.717) is 16.7 Å². The molecular formula is C23H21ClN2O8S2. The van der Waals surface area contributed by atoms with Crippen molar-refractivity contribution in [3.05, 3.63) is 77.3 Å². The van der Waals surface area contributed by atoms with Crippen LogP contribution in [0.3, 0.4) is 0 Å². The lowest BCUT2D eigenvalue weighted by Gasteiger charge is -2.16. The molecule has 2 N–H and O–H groups in total. The second-order valence-corrected chi connectivity index (χ2v) is 11.1. The number of halogens is 1. The first kappa shape index (κ1) is 25.8. The molecule has 0 aliphatic heterocycles. The van der Waals surface area contributed by atoms with Crippen molar-refractivity contribution in [3.63, 3.8) is 0 Å². The molecule has 0 radical (unpaired) electrons. The zero-order chi connectivity index (χ0) is 25.9. The number of para-hydroxylation sites is 1. The molecule has 1 aromatic heterocycles. The van der Waals surface area contributed by atoms with Crippen LogP contribution in [0.2, 0.25) is 5.02 Å². The predicted molar refractivity (Wildman–Crippen MR) is 134 cm³/mol. The Bertz CT molecular complexity index is 1590. The van der Waals surface area contributed by atoms with Crippen LogP contribution < -0.4 is 14.2 Å². The van der Waals surface area contributed by atoms with Gasteiger partial charge in [-0.05, 0) is 30.3 Å². The Balaban J connectivity index is 1.70. The van der Waals surface area contributed by atoms with Gasteiger partial charge in [0.15, 0.2) is 0 Å². The number of sulfonamides is 2. The summed E-state index contributed by atoms with van der Waals surface area (Å²) in [5.41, 5.74) is 0.488. The molecule has 0 fully saturated rings. The van der Waals surface area contributed by atoms with Crippen molar-refractivity contribution >= 4 is 54.0 Å². The zero-order valence-corrected chi connectivity index (χ0v) is 21.4. The molecule has 0 amide bonds. The Morgan fingerprint density at radius 3 is 2.33 bits per heavy atom. The number of hydrogen-bond acceptors (Lipinski definition) is 8. The van der Waals surface area contributed by atoms with Crippen molar-refractivity contribution in [2.75, 3.05) is 23.7 Å². The molecule has 13 heteroatoms. The van der Waals surface area contributed by atoms with Crippen LogP contribution in [-0.4, -0.2) is 31.1 Å². The highest BCUT2D eigenvalue weighted by Crippen LogP contribution is 2.33. The van der Waals surface area contributed by atoms with E-state index in [9.17, 15) is 16.8 Å². The molecule has 10 nitrogen and oxygen atoms in total. The minimum Gasteiger partial charge on any atom is -0.497 e. The Hall–Kier alpha value is -3.29. The molecule has 0 bridgehead atoms. The van der Waals surface area contributed by atoms with Crippen molar-refractivity contribution in [3.8, 4) is 5.75 Å². The molecule has 0 aliphatic rings. The SMILES string of the molecule is COOCc1ccc(OC)cc1S(=O)(=O)Nc1ccc(Cl)cc1NS(=O)(=O)c1cc2ccccc2o1. The summed E-state index contributed by atoms with van der Waals surface area (Å²) in [6.07, 6.45) is 0. The van der Waals surface area contributed by atoms with Gasteiger partial charge in [0, 0.05) is 28.1 Å². The number of hydrogen-bond donors (Lipinski definition) is 2. The predicted octanol–water partition coefficient (Wildman–Crippen LogP) is 4.77. The van der Waals surface area contributed by atoms with Crippen LogP contribution in [0.25, 0.3) is 11.0 Å². The Morgan fingerprint density at radius 2 is 1.61 bits per heavy atom. The average Bonchev–Trinajstić information content (AvgIpc) is 3.30. The minimum atomic E-state index is -4.25. The number of nitrogens with one attached hydrogen (secondary N) is 2. The van der Waals surface area contributed by atoms with Crippen LogP contribution in [-0.2, 0) is 36.4 Å². The van der Waals surface area contributed by atoms with Crippen molar-refractivity contribution in [2.45, 2.75) is 16.6 Å². The molecule has 1 heterocycles. The largest absolute Gasteiger partial charge is 0.497 e. The van der Waals surface area contributed by atoms with Crippen LogP contribution in [0.1, 0.15) is 5.56 Å². The molecule has 190 valence electrons. The Morgan fingerprint density at radius 1 is 0.861 bits per heavy atom. The van der Waals surface area contributed by atoms with Crippen LogP contribution in [0.15, 0.2) is 81.1 Å². The molecule has 0 atom stereocenters. The Kier molecular flexibility index (Phi) is 7.43. The maximum Gasteiger partial charge on any atom is 0.295 e. The van der Waals surface area contributed by atoms with Crippen molar-refractivity contribution in [1.29, 1.82) is 0 Å². The van der Waals surface area contributed by atoms with E-state index < -0.39 is 20.0 Å². The van der Waals surface area contributed by atoms with Gasteiger partial charge in [0.05, 0.1) is 30.5 Å². The summed E-state index contributed by atoms with van der Waals surface area (Å²) >= 11 is 6.08. The van der Waals surface area contributed by atoms with Crippen LogP contribution in [0.4, 0.5) is 11.4 Å². The summed E-state index contributed by atoms with van der Waals surface area (Å²) in [4.78, 5) is 9.35. The first-order valence-electron chi connectivity index (χ1n) is 10.3. The van der Waals surface area contributed by atoms with Crippen LogP contribution >= 0.6 is 11.6 Å². The third kappa shape index (κ3) is 5.58. The van der Waals surface area contributed by atoms with E-state index in [1.807, 2.05) is 0 Å². The normalized spacial score (nSPS) is 12.0. The highest BCUT2D eigenvalue weighted by atomic mass is 35.5. The molecule has 0 spiro atoms. The highest BCUT2D eigenvalue weighted by Gasteiger charge is 2.25. The van der Waals surface area contributed by atoms with E-state index in [1.165, 1.54) is 50.6 Å². The van der Waals surface area contributed by atoms with Crippen molar-refractivity contribution in [2.24, 2.45) is 0 Å². The lowest BCUT2D eigenvalue weighted by atomic mass is 10.2. The summed E-state index contributed by atoms with van der Waals surface area (Å²) in [6, 6.07) is 16.6. The van der Waals surface area contributed by atoms with Crippen molar-refractivity contribution < 1.29 is 35.8 Å². The van der Waals surface area contributed by atoms with Gasteiger partial charge in [0.1, 0.15) is 17.9 Å². The number of ether oxygens (including phenoxy) is 1. The summed E-state index contributed by atoms with van der Waals surface area (Å²) in [5.74, 6) is 0.290. The maximum atomic E-state index is 13.4. The van der Waals surface area contributed by atoms with Crippen LogP contribution in [0, 0.1) is 0 Å². The van der Waals surface area contributed by atoms with E-state index in [-0.39, 0.29) is 38.6 Å². The first-order valence-corrected chi connectivity index (χ1v) is 13.6. The van der Waals surface area contributed by atoms with Gasteiger partial charge in [-0.2, -0.15) is 8.42 Å². The van der Waals surface area contributed by atoms with Gasteiger partial charge in [0.2, 0.25) is 5.09 Å². The molecule has 0 saturated heterocycles. The van der Waals surface area contributed by atoms with E-state index in [2.05, 4.69) is 14.3 Å². The van der Waals surface area contributed by atoms with Crippen LogP contribution in [0.5, 0.6) is 5.75 Å². The van der Waals surface area contributed by atoms with Crippen molar-refractivity contribution in [1.82, 2.24) is 0 Å². The monoisotopic (exact) mass is 552 g/mol. The Labute approximate surface area is 212 Å². The fraction of sp³-hybridized carbons (Fsp3) is 0.130. The van der Waals surface area contributed by atoms with Gasteiger partial charge in [-0.3, -0.25) is 9.44 Å². The van der Waals surface area contributed by atoms with Gasteiger partial charge in [-0.1, -0.05) is 35.9 Å². The molecular weight excluding hydrogens is 532 g/mol. The number of benzene rings is 3. The zero-order valence-electron chi connectivity index (χ0n) is 19.0.